The molecule has 0 atom stereocenters. The summed E-state index contributed by atoms with van der Waals surface area (Å²) in [6.07, 6.45) is 2.90. The van der Waals surface area contributed by atoms with Crippen molar-refractivity contribution < 1.29 is 9.34 Å². The molecule has 0 saturated carbocycles. The first kappa shape index (κ1) is 12.3. The highest BCUT2D eigenvalue weighted by Crippen LogP contribution is 2.25. The average molecular weight is 269 g/mol. The Kier molecular flexibility index (Phi) is 3.42. The second kappa shape index (κ2) is 5.01. The van der Waals surface area contributed by atoms with Crippen molar-refractivity contribution in [3.63, 3.8) is 0 Å². The van der Waals surface area contributed by atoms with Crippen molar-refractivity contribution in [3.8, 4) is 0 Å². The summed E-state index contributed by atoms with van der Waals surface area (Å²) in [4.78, 5) is 18.1. The predicted molar refractivity (Wildman–Crippen MR) is 64.5 cm³/mol. The molecule has 0 amide bonds. The van der Waals surface area contributed by atoms with Crippen molar-refractivity contribution in [2.75, 3.05) is 5.32 Å². The number of halogens is 1. The van der Waals surface area contributed by atoms with E-state index in [2.05, 4.69) is 15.3 Å². The number of oxazole rings is 1. The molecule has 0 aliphatic rings. The van der Waals surface area contributed by atoms with Crippen molar-refractivity contribution in [1.29, 1.82) is 0 Å². The minimum Gasteiger partial charge on any atom is -0.444 e. The Balaban J connectivity index is 2.16. The first-order valence-electron chi connectivity index (χ1n) is 5.01. The topological polar surface area (TPSA) is 94.1 Å². The summed E-state index contributed by atoms with van der Waals surface area (Å²) in [5.74, 6) is 1.23. The maximum atomic E-state index is 10.8. The number of pyridine rings is 1. The molecule has 8 heteroatoms. The molecule has 0 spiro atoms. The van der Waals surface area contributed by atoms with Gasteiger partial charge in [-0.15, -0.1) is 0 Å². The van der Waals surface area contributed by atoms with Crippen LogP contribution in [0.1, 0.15) is 11.7 Å². The van der Waals surface area contributed by atoms with E-state index in [0.717, 1.165) is 0 Å². The smallest absolute Gasteiger partial charge is 0.312 e. The number of rotatable bonds is 4. The molecule has 0 aliphatic carbocycles. The Morgan fingerprint density at radius 1 is 1.50 bits per heavy atom. The van der Waals surface area contributed by atoms with Gasteiger partial charge >= 0.3 is 5.69 Å². The number of nitrogens with one attached hydrogen (secondary N) is 1. The zero-order chi connectivity index (χ0) is 13.1. The molecule has 18 heavy (non-hydrogen) atoms. The van der Waals surface area contributed by atoms with Crippen LogP contribution in [0.4, 0.5) is 11.5 Å². The van der Waals surface area contributed by atoms with E-state index < -0.39 is 4.92 Å². The molecular formula is C10H9ClN4O3. The fourth-order valence-electron chi connectivity index (χ4n) is 1.35. The molecule has 0 aliphatic heterocycles. The fourth-order valence-corrected chi connectivity index (χ4v) is 1.50. The molecule has 94 valence electrons. The summed E-state index contributed by atoms with van der Waals surface area (Å²) in [6, 6.07) is 1.23. The quantitative estimate of drug-likeness (QED) is 0.676. The Labute approximate surface area is 107 Å². The van der Waals surface area contributed by atoms with E-state index in [1.807, 2.05) is 0 Å². The molecular weight excluding hydrogens is 260 g/mol. The first-order chi connectivity index (χ1) is 8.56. The van der Waals surface area contributed by atoms with Gasteiger partial charge in [0.25, 0.3) is 0 Å². The lowest BCUT2D eigenvalue weighted by Gasteiger charge is -2.03. The van der Waals surface area contributed by atoms with Gasteiger partial charge in [0.1, 0.15) is 5.76 Å². The molecule has 0 aromatic carbocycles. The maximum absolute atomic E-state index is 10.8. The minimum absolute atomic E-state index is 0.125. The monoisotopic (exact) mass is 268 g/mol. The lowest BCUT2D eigenvalue weighted by molar-refractivity contribution is -0.384. The minimum atomic E-state index is -0.554. The van der Waals surface area contributed by atoms with Crippen LogP contribution in [0.3, 0.4) is 0 Å². The van der Waals surface area contributed by atoms with Gasteiger partial charge in [-0.1, -0.05) is 11.6 Å². The third kappa shape index (κ3) is 2.75. The Bertz CT molecular complexity index is 584. The molecule has 2 aromatic heterocycles. The molecule has 2 aromatic rings. The highest BCUT2D eigenvalue weighted by atomic mass is 35.5. The standard InChI is InChI=1S/C10H9ClN4O3/c1-6-3-12-9(18-6)5-14-10-8(15(16)17)2-7(11)4-13-10/h2-4H,5H2,1H3,(H,13,14). The van der Waals surface area contributed by atoms with Gasteiger partial charge in [-0.2, -0.15) is 0 Å². The van der Waals surface area contributed by atoms with Gasteiger partial charge in [-0.25, -0.2) is 9.97 Å². The lowest BCUT2D eigenvalue weighted by atomic mass is 10.4. The summed E-state index contributed by atoms with van der Waals surface area (Å²) in [5.41, 5.74) is -0.189. The third-order valence-electron chi connectivity index (χ3n) is 2.11. The largest absolute Gasteiger partial charge is 0.444 e. The van der Waals surface area contributed by atoms with E-state index >= 15 is 0 Å². The first-order valence-corrected chi connectivity index (χ1v) is 5.39. The number of aryl methyl sites for hydroxylation is 1. The van der Waals surface area contributed by atoms with E-state index in [-0.39, 0.29) is 23.1 Å². The molecule has 0 fully saturated rings. The van der Waals surface area contributed by atoms with Gasteiger partial charge in [0.15, 0.2) is 0 Å². The van der Waals surface area contributed by atoms with E-state index in [1.165, 1.54) is 12.3 Å². The number of nitrogens with zero attached hydrogens (tertiary/aromatic N) is 3. The van der Waals surface area contributed by atoms with E-state index in [4.69, 9.17) is 16.0 Å². The maximum Gasteiger partial charge on any atom is 0.312 e. The lowest BCUT2D eigenvalue weighted by Crippen LogP contribution is -2.04. The van der Waals surface area contributed by atoms with Crippen LogP contribution in [0, 0.1) is 17.0 Å². The summed E-state index contributed by atoms with van der Waals surface area (Å²) in [6.45, 7) is 1.98. The third-order valence-corrected chi connectivity index (χ3v) is 2.31. The predicted octanol–water partition coefficient (Wildman–Crippen LogP) is 2.55. The van der Waals surface area contributed by atoms with Crippen molar-refractivity contribution in [1.82, 2.24) is 9.97 Å². The number of hydrogen-bond acceptors (Lipinski definition) is 6. The second-order valence-electron chi connectivity index (χ2n) is 3.50. The normalized spacial score (nSPS) is 10.3. The van der Waals surface area contributed by atoms with E-state index in [1.54, 1.807) is 13.1 Å². The van der Waals surface area contributed by atoms with Crippen molar-refractivity contribution in [3.05, 3.63) is 45.2 Å². The molecule has 0 radical (unpaired) electrons. The highest BCUT2D eigenvalue weighted by molar-refractivity contribution is 6.30. The van der Waals surface area contributed by atoms with Crippen molar-refractivity contribution in [2.45, 2.75) is 13.5 Å². The zero-order valence-electron chi connectivity index (χ0n) is 9.38. The van der Waals surface area contributed by atoms with Crippen LogP contribution >= 0.6 is 11.6 Å². The number of aromatic nitrogens is 2. The summed E-state index contributed by atoms with van der Waals surface area (Å²) < 4.78 is 5.23. The number of anilines is 1. The molecule has 0 bridgehead atoms. The second-order valence-corrected chi connectivity index (χ2v) is 3.93. The average Bonchev–Trinajstić information content (AvgIpc) is 2.73. The Hall–Kier alpha value is -2.15. The molecule has 7 nitrogen and oxygen atoms in total. The van der Waals surface area contributed by atoms with Gasteiger partial charge in [-0.05, 0) is 6.92 Å². The van der Waals surface area contributed by atoms with Gasteiger partial charge < -0.3 is 9.73 Å². The van der Waals surface area contributed by atoms with Crippen molar-refractivity contribution in [2.24, 2.45) is 0 Å². The van der Waals surface area contributed by atoms with Crippen molar-refractivity contribution >= 4 is 23.1 Å². The zero-order valence-corrected chi connectivity index (χ0v) is 10.1. The molecule has 2 rings (SSSR count). The fraction of sp³-hybridized carbons (Fsp3) is 0.200. The van der Waals surface area contributed by atoms with Crippen LogP contribution in [0.15, 0.2) is 22.9 Å². The van der Waals surface area contributed by atoms with Gasteiger partial charge in [0.2, 0.25) is 11.7 Å². The summed E-state index contributed by atoms with van der Waals surface area (Å²) >= 11 is 5.66. The van der Waals surface area contributed by atoms with Crippen LogP contribution in [0.25, 0.3) is 0 Å². The summed E-state index contributed by atoms with van der Waals surface area (Å²) in [5, 5.41) is 13.8. The van der Waals surface area contributed by atoms with Gasteiger partial charge in [0, 0.05) is 12.3 Å². The Morgan fingerprint density at radius 2 is 2.28 bits per heavy atom. The number of nitro groups is 1. The van der Waals surface area contributed by atoms with E-state index in [9.17, 15) is 10.1 Å². The van der Waals surface area contributed by atoms with Crippen LogP contribution in [-0.2, 0) is 6.54 Å². The van der Waals surface area contributed by atoms with Crippen LogP contribution < -0.4 is 5.32 Å². The van der Waals surface area contributed by atoms with Crippen LogP contribution in [-0.4, -0.2) is 14.9 Å². The molecule has 2 heterocycles. The summed E-state index contributed by atoms with van der Waals surface area (Å²) in [7, 11) is 0. The molecule has 0 unspecified atom stereocenters. The molecule has 0 saturated heterocycles. The van der Waals surface area contributed by atoms with E-state index in [0.29, 0.717) is 11.7 Å². The van der Waals surface area contributed by atoms with Gasteiger partial charge in [0.05, 0.1) is 22.7 Å². The van der Waals surface area contributed by atoms with Gasteiger partial charge in [-0.3, -0.25) is 10.1 Å². The SMILES string of the molecule is Cc1cnc(CNc2ncc(Cl)cc2[N+](=O)[O-])o1. The number of hydrogen-bond donors (Lipinski definition) is 1. The highest BCUT2D eigenvalue weighted by Gasteiger charge is 2.16. The Morgan fingerprint density at radius 3 is 2.89 bits per heavy atom. The van der Waals surface area contributed by atoms with Crippen LogP contribution in [0.2, 0.25) is 5.02 Å². The molecule has 1 N–H and O–H groups in total. The van der Waals surface area contributed by atoms with Crippen LogP contribution in [0.5, 0.6) is 0 Å².